The Labute approximate surface area is 181 Å². The van der Waals surface area contributed by atoms with E-state index in [1.807, 2.05) is 0 Å². The second-order valence-corrected chi connectivity index (χ2v) is 8.39. The van der Waals surface area contributed by atoms with Crippen molar-refractivity contribution in [3.63, 3.8) is 0 Å². The number of halogens is 2. The number of aliphatic hydroxyl groups is 2. The van der Waals surface area contributed by atoms with Crippen LogP contribution in [-0.2, 0) is 4.74 Å². The Kier molecular flexibility index (Phi) is 4.79. The van der Waals surface area contributed by atoms with E-state index in [2.05, 4.69) is 9.98 Å². The Morgan fingerprint density at radius 3 is 2.50 bits per heavy atom. The molecule has 1 aromatic rings. The minimum Gasteiger partial charge on any atom is -0.454 e. The highest BCUT2D eigenvalue weighted by Gasteiger charge is 2.75. The van der Waals surface area contributed by atoms with Gasteiger partial charge in [-0.15, -0.1) is 0 Å². The molecule has 1 saturated heterocycles. The van der Waals surface area contributed by atoms with Gasteiger partial charge in [-0.2, -0.15) is 5.06 Å². The quantitative estimate of drug-likeness (QED) is 0.369. The maximum Gasteiger partial charge on any atom is 0.338 e. The van der Waals surface area contributed by atoms with E-state index in [4.69, 9.17) is 39.4 Å². The van der Waals surface area contributed by atoms with Crippen LogP contribution in [0, 0.1) is 0 Å². The second-order valence-electron chi connectivity index (χ2n) is 7.52. The maximum absolute atomic E-state index is 12.7. The van der Waals surface area contributed by atoms with Crippen molar-refractivity contribution in [1.82, 2.24) is 9.96 Å². The van der Waals surface area contributed by atoms with Crippen LogP contribution in [0.2, 0.25) is 10.0 Å². The van der Waals surface area contributed by atoms with E-state index < -0.39 is 42.0 Å². The molecule has 5 atom stereocenters. The van der Waals surface area contributed by atoms with Gasteiger partial charge in [-0.05, 0) is 25.1 Å². The molecule has 7 N–H and O–H groups in total. The van der Waals surface area contributed by atoms with Crippen molar-refractivity contribution in [1.29, 1.82) is 0 Å². The predicted octanol–water partition coefficient (Wildman–Crippen LogP) is -0.641. The predicted molar refractivity (Wildman–Crippen MR) is 107 cm³/mol. The van der Waals surface area contributed by atoms with Crippen molar-refractivity contribution < 1.29 is 25.0 Å². The third-order valence-electron chi connectivity index (χ3n) is 5.83. The van der Waals surface area contributed by atoms with Gasteiger partial charge in [0.2, 0.25) is 11.6 Å². The molecule has 162 valence electrons. The number of guanidine groups is 2. The summed E-state index contributed by atoms with van der Waals surface area (Å²) >= 11 is 11.9. The van der Waals surface area contributed by atoms with Crippen molar-refractivity contribution in [2.75, 3.05) is 13.2 Å². The smallest absolute Gasteiger partial charge is 0.338 e. The van der Waals surface area contributed by atoms with Crippen LogP contribution in [0.1, 0.15) is 17.3 Å². The highest BCUT2D eigenvalue weighted by atomic mass is 35.5. The Morgan fingerprint density at radius 2 is 1.90 bits per heavy atom. The van der Waals surface area contributed by atoms with Gasteiger partial charge in [0.25, 0.3) is 0 Å². The number of aliphatic imine (C=N–C) groups is 2. The first-order chi connectivity index (χ1) is 14.0. The molecule has 3 aliphatic heterocycles. The Balaban J connectivity index is 1.73. The Bertz CT molecular complexity index is 952. The number of rotatable bonds is 3. The van der Waals surface area contributed by atoms with Crippen molar-refractivity contribution >= 4 is 41.1 Å². The highest BCUT2D eigenvalue weighted by Crippen LogP contribution is 2.50. The zero-order valence-electron chi connectivity index (χ0n) is 15.7. The Hall–Kier alpha value is -2.31. The zero-order valence-corrected chi connectivity index (χ0v) is 17.2. The number of nitrogens with two attached hydrogens (primary N) is 2. The van der Waals surface area contributed by atoms with E-state index in [1.165, 1.54) is 30.0 Å². The largest absolute Gasteiger partial charge is 0.454 e. The van der Waals surface area contributed by atoms with E-state index >= 15 is 0 Å². The molecule has 1 aromatic carbocycles. The molecule has 30 heavy (non-hydrogen) atoms. The number of carbonyl (C=O) groups is 1. The fourth-order valence-electron chi connectivity index (χ4n) is 4.46. The van der Waals surface area contributed by atoms with E-state index in [-0.39, 0.29) is 34.1 Å². The SMILES string of the molecule is C[C@]1(O)[C@@H](OC(=O)c2cc(Cl)cc(Cl)c2)CN2C(N)=N[C@@H](CO)C3N=C(N)N(O)C321. The first-order valence-corrected chi connectivity index (χ1v) is 9.73. The van der Waals surface area contributed by atoms with E-state index in [0.29, 0.717) is 5.06 Å². The van der Waals surface area contributed by atoms with Gasteiger partial charge in [0.15, 0.2) is 12.1 Å². The summed E-state index contributed by atoms with van der Waals surface area (Å²) in [6, 6.07) is 2.37. The number of aliphatic hydroxyl groups excluding tert-OH is 1. The average molecular weight is 459 g/mol. The topological polar surface area (TPSA) is 170 Å². The fraction of sp³-hybridized carbons (Fsp3) is 0.471. The van der Waals surface area contributed by atoms with E-state index in [0.717, 1.165) is 0 Å². The molecule has 1 fully saturated rings. The first-order valence-electron chi connectivity index (χ1n) is 8.97. The molecule has 4 rings (SSSR count). The fourth-order valence-corrected chi connectivity index (χ4v) is 4.99. The van der Waals surface area contributed by atoms with Crippen LogP contribution < -0.4 is 11.5 Å². The number of benzene rings is 1. The van der Waals surface area contributed by atoms with Crippen LogP contribution in [0.5, 0.6) is 0 Å². The Morgan fingerprint density at radius 1 is 1.27 bits per heavy atom. The van der Waals surface area contributed by atoms with Gasteiger partial charge in [0, 0.05) is 10.0 Å². The average Bonchev–Trinajstić information content (AvgIpc) is 3.07. The van der Waals surface area contributed by atoms with Crippen molar-refractivity contribution in [2.45, 2.75) is 36.4 Å². The lowest BCUT2D eigenvalue weighted by molar-refractivity contribution is -0.228. The summed E-state index contributed by atoms with van der Waals surface area (Å²) in [5, 5.41) is 33.1. The summed E-state index contributed by atoms with van der Waals surface area (Å²) in [5.74, 6) is -1.15. The molecule has 0 bridgehead atoms. The molecular formula is C17H20Cl2N6O5. The van der Waals surface area contributed by atoms with Gasteiger partial charge in [-0.25, -0.2) is 14.8 Å². The summed E-state index contributed by atoms with van der Waals surface area (Å²) in [4.78, 5) is 22.5. The molecule has 3 aliphatic rings. The van der Waals surface area contributed by atoms with Crippen molar-refractivity contribution in [2.24, 2.45) is 21.5 Å². The number of nitrogens with zero attached hydrogens (tertiary/aromatic N) is 4. The molecule has 0 saturated carbocycles. The number of hydrogen-bond acceptors (Lipinski definition) is 11. The molecule has 2 unspecified atom stereocenters. The summed E-state index contributed by atoms with van der Waals surface area (Å²) in [7, 11) is 0. The minimum atomic E-state index is -1.93. The number of hydrogen-bond donors (Lipinski definition) is 5. The lowest BCUT2D eigenvalue weighted by atomic mass is 9.79. The molecule has 0 aliphatic carbocycles. The molecule has 3 heterocycles. The van der Waals surface area contributed by atoms with Crippen LogP contribution in [0.3, 0.4) is 0 Å². The lowest BCUT2D eigenvalue weighted by Crippen LogP contribution is -2.76. The number of ether oxygens (including phenoxy) is 1. The lowest BCUT2D eigenvalue weighted by Gasteiger charge is -2.51. The number of carbonyl (C=O) groups excluding carboxylic acids is 1. The number of hydroxylamine groups is 2. The van der Waals surface area contributed by atoms with E-state index in [9.17, 15) is 20.2 Å². The highest BCUT2D eigenvalue weighted by molar-refractivity contribution is 6.35. The van der Waals surface area contributed by atoms with Crippen LogP contribution in [0.4, 0.5) is 0 Å². The third kappa shape index (κ3) is 2.66. The van der Waals surface area contributed by atoms with Gasteiger partial charge in [-0.3, -0.25) is 5.21 Å². The normalized spacial score (nSPS) is 34.9. The van der Waals surface area contributed by atoms with Crippen LogP contribution in [0.25, 0.3) is 0 Å². The molecule has 11 nitrogen and oxygen atoms in total. The van der Waals surface area contributed by atoms with Crippen LogP contribution >= 0.6 is 23.2 Å². The van der Waals surface area contributed by atoms with Crippen molar-refractivity contribution in [3.8, 4) is 0 Å². The van der Waals surface area contributed by atoms with Gasteiger partial charge in [0.05, 0.1) is 18.7 Å². The molecule has 13 heteroatoms. The van der Waals surface area contributed by atoms with Crippen molar-refractivity contribution in [3.05, 3.63) is 33.8 Å². The maximum atomic E-state index is 12.7. The molecule has 1 spiro atoms. The second kappa shape index (κ2) is 6.86. The minimum absolute atomic E-state index is 0.0705. The number of esters is 1. The van der Waals surface area contributed by atoms with Gasteiger partial charge >= 0.3 is 5.97 Å². The molecular weight excluding hydrogens is 439 g/mol. The standard InChI is InChI=1S/C17H20Cl2N6O5/c1-16(28)11(30-13(27)7-2-8(18)4-9(19)3-7)5-24-14(20)22-10(6-26)12-17(16,24)25(29)15(21)23-12/h2-4,10-12,26,28-29H,5-6H2,1H3,(H2,20,22)(H2,21,23)/t10-,11-,12?,16-,17?/m0/s1. The summed E-state index contributed by atoms with van der Waals surface area (Å²) < 4.78 is 5.57. The van der Waals surface area contributed by atoms with E-state index in [1.54, 1.807) is 0 Å². The van der Waals surface area contributed by atoms with Gasteiger partial charge in [0.1, 0.15) is 17.7 Å². The zero-order chi connectivity index (χ0) is 22.0. The summed E-state index contributed by atoms with van der Waals surface area (Å²) in [6.07, 6.45) is -1.17. The van der Waals surface area contributed by atoms with Gasteiger partial charge in [-0.1, -0.05) is 23.2 Å². The molecule has 0 aromatic heterocycles. The first kappa shape index (κ1) is 20.9. The van der Waals surface area contributed by atoms with Gasteiger partial charge < -0.3 is 31.3 Å². The van der Waals surface area contributed by atoms with Crippen LogP contribution in [0.15, 0.2) is 28.2 Å². The third-order valence-corrected chi connectivity index (χ3v) is 6.27. The monoisotopic (exact) mass is 458 g/mol. The summed E-state index contributed by atoms with van der Waals surface area (Å²) in [6.45, 7) is 0.803. The molecule has 0 radical (unpaired) electrons. The molecule has 0 amide bonds. The van der Waals surface area contributed by atoms with Crippen LogP contribution in [-0.4, -0.2) is 85.9 Å². The summed E-state index contributed by atoms with van der Waals surface area (Å²) in [5.41, 5.74) is 8.31.